The maximum Gasteiger partial charge on any atom is 0.293 e. The minimum absolute atomic E-state index is 0.0166. The SMILES string of the molecule is CN(C)C(=O)c1nc(CNC(=O)CN2CCCC2)n(-c2ccc(Cl)cc2C(=O)c2ccccc2Cl)n1. The molecular formula is C25H26Cl2N6O3. The zero-order chi connectivity index (χ0) is 25.8. The van der Waals surface area contributed by atoms with Crippen molar-refractivity contribution in [3.05, 3.63) is 75.3 Å². The fourth-order valence-corrected chi connectivity index (χ4v) is 4.38. The Morgan fingerprint density at radius 2 is 1.75 bits per heavy atom. The molecule has 0 saturated carbocycles. The van der Waals surface area contributed by atoms with E-state index in [1.807, 2.05) is 0 Å². The van der Waals surface area contributed by atoms with Gasteiger partial charge in [0.15, 0.2) is 11.6 Å². The second kappa shape index (κ2) is 11.2. The Labute approximate surface area is 219 Å². The highest BCUT2D eigenvalue weighted by molar-refractivity contribution is 6.35. The van der Waals surface area contributed by atoms with Gasteiger partial charge < -0.3 is 10.2 Å². The summed E-state index contributed by atoms with van der Waals surface area (Å²) >= 11 is 12.5. The highest BCUT2D eigenvalue weighted by atomic mass is 35.5. The number of carbonyl (C=O) groups is 3. The average molecular weight is 529 g/mol. The van der Waals surface area contributed by atoms with Crippen molar-refractivity contribution in [2.75, 3.05) is 33.7 Å². The molecule has 4 rings (SSSR count). The Hall–Kier alpha value is -3.27. The number of carbonyl (C=O) groups excluding carboxylic acids is 3. The van der Waals surface area contributed by atoms with Crippen LogP contribution in [0.3, 0.4) is 0 Å². The molecule has 3 aromatic rings. The summed E-state index contributed by atoms with van der Waals surface area (Å²) in [5, 5.41) is 7.90. The highest BCUT2D eigenvalue weighted by Crippen LogP contribution is 2.26. The van der Waals surface area contributed by atoms with Gasteiger partial charge in [0.25, 0.3) is 5.91 Å². The van der Waals surface area contributed by atoms with E-state index in [0.717, 1.165) is 25.9 Å². The van der Waals surface area contributed by atoms with E-state index in [1.54, 1.807) is 50.5 Å². The van der Waals surface area contributed by atoms with Crippen molar-refractivity contribution in [1.82, 2.24) is 29.9 Å². The second-order valence-corrected chi connectivity index (χ2v) is 9.54. The van der Waals surface area contributed by atoms with E-state index in [1.165, 1.54) is 15.6 Å². The summed E-state index contributed by atoms with van der Waals surface area (Å²) in [5.41, 5.74) is 0.889. The lowest BCUT2D eigenvalue weighted by molar-refractivity contribution is -0.122. The second-order valence-electron chi connectivity index (χ2n) is 8.69. The molecule has 0 bridgehead atoms. The first-order chi connectivity index (χ1) is 17.2. The highest BCUT2D eigenvalue weighted by Gasteiger charge is 2.24. The molecule has 9 nitrogen and oxygen atoms in total. The van der Waals surface area contributed by atoms with E-state index in [0.29, 0.717) is 27.1 Å². The Bertz CT molecular complexity index is 1300. The van der Waals surface area contributed by atoms with Crippen LogP contribution in [0, 0.1) is 0 Å². The number of aromatic nitrogens is 3. The van der Waals surface area contributed by atoms with Crippen molar-refractivity contribution in [1.29, 1.82) is 0 Å². The van der Waals surface area contributed by atoms with Gasteiger partial charge in [-0.05, 0) is 56.3 Å². The predicted octanol–water partition coefficient (Wildman–Crippen LogP) is 3.22. The number of rotatable bonds is 8. The van der Waals surface area contributed by atoms with E-state index in [4.69, 9.17) is 23.2 Å². The first-order valence-electron chi connectivity index (χ1n) is 11.5. The molecule has 0 atom stereocenters. The summed E-state index contributed by atoms with van der Waals surface area (Å²) in [6.45, 7) is 2.09. The molecule has 1 aliphatic heterocycles. The molecule has 1 fully saturated rings. The maximum absolute atomic E-state index is 13.5. The van der Waals surface area contributed by atoms with Crippen molar-refractivity contribution in [2.24, 2.45) is 0 Å². The normalized spacial score (nSPS) is 13.6. The number of nitrogens with zero attached hydrogens (tertiary/aromatic N) is 5. The van der Waals surface area contributed by atoms with Crippen LogP contribution < -0.4 is 5.32 Å². The molecule has 0 unspecified atom stereocenters. The van der Waals surface area contributed by atoms with Gasteiger partial charge in [-0.15, -0.1) is 5.10 Å². The molecule has 36 heavy (non-hydrogen) atoms. The van der Waals surface area contributed by atoms with Crippen LogP contribution in [0.25, 0.3) is 5.69 Å². The lowest BCUT2D eigenvalue weighted by Crippen LogP contribution is -2.35. The monoisotopic (exact) mass is 528 g/mol. The van der Waals surface area contributed by atoms with Gasteiger partial charge in [-0.2, -0.15) is 0 Å². The van der Waals surface area contributed by atoms with Gasteiger partial charge in [0.05, 0.1) is 23.8 Å². The van der Waals surface area contributed by atoms with Crippen LogP contribution in [0.1, 0.15) is 45.2 Å². The summed E-state index contributed by atoms with van der Waals surface area (Å²) in [6, 6.07) is 11.5. The number of ketones is 1. The van der Waals surface area contributed by atoms with Gasteiger partial charge in [0.1, 0.15) is 0 Å². The molecule has 0 radical (unpaired) electrons. The van der Waals surface area contributed by atoms with Crippen molar-refractivity contribution in [3.8, 4) is 5.69 Å². The number of nitrogens with one attached hydrogen (secondary N) is 1. The van der Waals surface area contributed by atoms with Crippen molar-refractivity contribution >= 4 is 40.8 Å². The average Bonchev–Trinajstić information content (AvgIpc) is 3.52. The van der Waals surface area contributed by atoms with Crippen molar-refractivity contribution in [2.45, 2.75) is 19.4 Å². The molecule has 1 aliphatic rings. The molecule has 2 aromatic carbocycles. The molecule has 0 aliphatic carbocycles. The number of benzene rings is 2. The largest absolute Gasteiger partial charge is 0.348 e. The molecule has 1 aromatic heterocycles. The Kier molecular flexibility index (Phi) is 8.03. The van der Waals surface area contributed by atoms with E-state index < -0.39 is 5.91 Å². The summed E-state index contributed by atoms with van der Waals surface area (Å²) in [6.07, 6.45) is 2.16. The van der Waals surface area contributed by atoms with E-state index in [-0.39, 0.29) is 36.2 Å². The zero-order valence-corrected chi connectivity index (χ0v) is 21.5. The van der Waals surface area contributed by atoms with Gasteiger partial charge >= 0.3 is 0 Å². The smallest absolute Gasteiger partial charge is 0.293 e. The molecule has 11 heteroatoms. The quantitative estimate of drug-likeness (QED) is 0.450. The van der Waals surface area contributed by atoms with Crippen LogP contribution in [-0.2, 0) is 11.3 Å². The van der Waals surface area contributed by atoms with Crippen LogP contribution in [0.4, 0.5) is 0 Å². The lowest BCUT2D eigenvalue weighted by atomic mass is 10.0. The maximum atomic E-state index is 13.5. The predicted molar refractivity (Wildman–Crippen MR) is 137 cm³/mol. The van der Waals surface area contributed by atoms with Crippen LogP contribution in [-0.4, -0.2) is 75.9 Å². The summed E-state index contributed by atoms with van der Waals surface area (Å²) in [7, 11) is 3.18. The van der Waals surface area contributed by atoms with E-state index >= 15 is 0 Å². The minimum Gasteiger partial charge on any atom is -0.348 e. The third-order valence-electron chi connectivity index (χ3n) is 5.83. The summed E-state index contributed by atoms with van der Waals surface area (Å²) < 4.78 is 1.40. The van der Waals surface area contributed by atoms with Crippen LogP contribution in [0.15, 0.2) is 42.5 Å². The fraction of sp³-hybridized carbons (Fsp3) is 0.320. The molecule has 2 amide bonds. The summed E-state index contributed by atoms with van der Waals surface area (Å²) in [5.74, 6) is -0.694. The fourth-order valence-electron chi connectivity index (χ4n) is 3.98. The van der Waals surface area contributed by atoms with Crippen LogP contribution in [0.5, 0.6) is 0 Å². The number of hydrogen-bond donors (Lipinski definition) is 1. The number of halogens is 2. The Morgan fingerprint density at radius 3 is 2.44 bits per heavy atom. The standard InChI is InChI=1S/C25H26Cl2N6O3/c1-31(2)25(36)24-29-21(14-28-22(34)15-32-11-5-6-12-32)33(30-24)20-10-9-16(26)13-18(20)23(35)17-7-3-4-8-19(17)27/h3-4,7-10,13H,5-6,11-12,14-15H2,1-2H3,(H,28,34). The molecule has 1 saturated heterocycles. The molecule has 0 spiro atoms. The third-order valence-corrected chi connectivity index (χ3v) is 6.40. The van der Waals surface area contributed by atoms with E-state index in [2.05, 4.69) is 20.3 Å². The molecule has 2 heterocycles. The zero-order valence-electron chi connectivity index (χ0n) is 20.0. The first kappa shape index (κ1) is 25.8. The molecular weight excluding hydrogens is 503 g/mol. The van der Waals surface area contributed by atoms with Crippen molar-refractivity contribution in [3.63, 3.8) is 0 Å². The van der Waals surface area contributed by atoms with E-state index in [9.17, 15) is 14.4 Å². The van der Waals surface area contributed by atoms with Gasteiger partial charge in [-0.1, -0.05) is 35.3 Å². The minimum atomic E-state index is -0.411. The van der Waals surface area contributed by atoms with Crippen LogP contribution in [0.2, 0.25) is 10.0 Å². The molecule has 1 N–H and O–H groups in total. The van der Waals surface area contributed by atoms with Crippen molar-refractivity contribution < 1.29 is 14.4 Å². The topological polar surface area (TPSA) is 100 Å². The molecule has 188 valence electrons. The Balaban J connectivity index is 1.71. The lowest BCUT2D eigenvalue weighted by Gasteiger charge is -2.15. The summed E-state index contributed by atoms with van der Waals surface area (Å²) in [4.78, 5) is 46.5. The number of hydrogen-bond acceptors (Lipinski definition) is 6. The van der Waals surface area contributed by atoms with Crippen LogP contribution >= 0.6 is 23.2 Å². The third kappa shape index (κ3) is 5.75. The number of amides is 2. The number of likely N-dealkylation sites (tertiary alicyclic amines) is 1. The first-order valence-corrected chi connectivity index (χ1v) is 12.3. The van der Waals surface area contributed by atoms with Gasteiger partial charge in [-0.25, -0.2) is 9.67 Å². The van der Waals surface area contributed by atoms with Gasteiger partial charge in [0.2, 0.25) is 11.7 Å². The Morgan fingerprint density at radius 1 is 1.03 bits per heavy atom. The van der Waals surface area contributed by atoms with Gasteiger partial charge in [0, 0.05) is 30.2 Å². The van der Waals surface area contributed by atoms with Gasteiger partial charge in [-0.3, -0.25) is 19.3 Å².